The number of nitrogens with zero attached hydrogens (tertiary/aromatic N) is 2. The van der Waals surface area contributed by atoms with Crippen LogP contribution < -0.4 is 4.90 Å². The van der Waals surface area contributed by atoms with Gasteiger partial charge in [0.15, 0.2) is 0 Å². The first-order chi connectivity index (χ1) is 11.7. The van der Waals surface area contributed by atoms with Gasteiger partial charge in [-0.15, -0.1) is 0 Å². The molecule has 0 bridgehead atoms. The molecule has 3 aromatic rings. The van der Waals surface area contributed by atoms with Gasteiger partial charge in [-0.2, -0.15) is 0 Å². The Balaban J connectivity index is 1.66. The summed E-state index contributed by atoms with van der Waals surface area (Å²) in [5, 5.41) is 0. The van der Waals surface area contributed by atoms with Gasteiger partial charge in [-0.1, -0.05) is 12.1 Å². The summed E-state index contributed by atoms with van der Waals surface area (Å²) >= 11 is 0. The van der Waals surface area contributed by atoms with E-state index in [2.05, 4.69) is 11.1 Å². The SMILES string of the molecule is O=C(c1cccc(F)c1)N1CCc2cc(-c3ccncc3)ccc21. The fourth-order valence-corrected chi connectivity index (χ4v) is 3.11. The summed E-state index contributed by atoms with van der Waals surface area (Å²) in [6, 6.07) is 15.9. The Morgan fingerprint density at radius 1 is 1.00 bits per heavy atom. The summed E-state index contributed by atoms with van der Waals surface area (Å²) in [4.78, 5) is 18.4. The summed E-state index contributed by atoms with van der Waals surface area (Å²) in [5.74, 6) is -0.557. The maximum atomic E-state index is 13.4. The molecule has 0 fully saturated rings. The number of benzene rings is 2. The van der Waals surface area contributed by atoms with Gasteiger partial charge in [-0.25, -0.2) is 4.39 Å². The first-order valence-electron chi connectivity index (χ1n) is 7.83. The lowest BCUT2D eigenvalue weighted by Gasteiger charge is -2.17. The molecule has 0 aliphatic carbocycles. The molecule has 1 aliphatic heterocycles. The van der Waals surface area contributed by atoms with E-state index >= 15 is 0 Å². The van der Waals surface area contributed by atoms with Crippen LogP contribution in [0.4, 0.5) is 10.1 Å². The molecule has 0 spiro atoms. The van der Waals surface area contributed by atoms with Crippen LogP contribution in [0.1, 0.15) is 15.9 Å². The first-order valence-corrected chi connectivity index (χ1v) is 7.83. The van der Waals surface area contributed by atoms with Crippen LogP contribution in [0.2, 0.25) is 0 Å². The van der Waals surface area contributed by atoms with Crippen LogP contribution in [0.5, 0.6) is 0 Å². The van der Waals surface area contributed by atoms with Gasteiger partial charge in [0.1, 0.15) is 5.82 Å². The van der Waals surface area contributed by atoms with Crippen molar-refractivity contribution in [3.8, 4) is 11.1 Å². The van der Waals surface area contributed by atoms with E-state index in [4.69, 9.17) is 0 Å². The van der Waals surface area contributed by atoms with E-state index in [-0.39, 0.29) is 5.91 Å². The fraction of sp³-hybridized carbons (Fsp3) is 0.100. The Kier molecular flexibility index (Phi) is 3.58. The van der Waals surface area contributed by atoms with E-state index in [1.165, 1.54) is 12.1 Å². The third kappa shape index (κ3) is 2.56. The van der Waals surface area contributed by atoms with Crippen LogP contribution in [-0.4, -0.2) is 17.4 Å². The van der Waals surface area contributed by atoms with Gasteiger partial charge in [0, 0.05) is 30.2 Å². The highest BCUT2D eigenvalue weighted by Crippen LogP contribution is 2.33. The van der Waals surface area contributed by atoms with Crippen molar-refractivity contribution >= 4 is 11.6 Å². The number of anilines is 1. The molecule has 118 valence electrons. The topological polar surface area (TPSA) is 33.2 Å². The quantitative estimate of drug-likeness (QED) is 0.713. The molecule has 0 atom stereocenters. The molecule has 4 heteroatoms. The highest BCUT2D eigenvalue weighted by Gasteiger charge is 2.26. The average Bonchev–Trinajstić information content (AvgIpc) is 3.05. The molecule has 2 heterocycles. The minimum Gasteiger partial charge on any atom is -0.308 e. The predicted molar refractivity (Wildman–Crippen MR) is 91.5 cm³/mol. The summed E-state index contributed by atoms with van der Waals surface area (Å²) < 4.78 is 13.4. The highest BCUT2D eigenvalue weighted by molar-refractivity contribution is 6.07. The molecule has 3 nitrogen and oxygen atoms in total. The van der Waals surface area contributed by atoms with E-state index in [1.807, 2.05) is 24.3 Å². The second-order valence-electron chi connectivity index (χ2n) is 5.80. The normalized spacial score (nSPS) is 13.0. The molecule has 1 aliphatic rings. The number of fused-ring (bicyclic) bond motifs is 1. The molecule has 0 saturated carbocycles. The molecule has 0 radical (unpaired) electrons. The van der Waals surface area contributed by atoms with Crippen LogP contribution in [0.25, 0.3) is 11.1 Å². The van der Waals surface area contributed by atoms with Crippen LogP contribution in [0, 0.1) is 5.82 Å². The highest BCUT2D eigenvalue weighted by atomic mass is 19.1. The van der Waals surface area contributed by atoms with Gasteiger partial charge < -0.3 is 4.90 Å². The molecule has 1 amide bonds. The van der Waals surface area contributed by atoms with Gasteiger partial charge >= 0.3 is 0 Å². The van der Waals surface area contributed by atoms with E-state index in [1.54, 1.807) is 29.4 Å². The summed E-state index contributed by atoms with van der Waals surface area (Å²) in [7, 11) is 0. The Bertz CT molecular complexity index is 909. The van der Waals surface area contributed by atoms with Crippen molar-refractivity contribution in [2.45, 2.75) is 6.42 Å². The minimum absolute atomic E-state index is 0.162. The lowest BCUT2D eigenvalue weighted by Crippen LogP contribution is -2.28. The molecular weight excluding hydrogens is 303 g/mol. The predicted octanol–water partition coefficient (Wildman–Crippen LogP) is 4.09. The van der Waals surface area contributed by atoms with Crippen LogP contribution in [-0.2, 0) is 6.42 Å². The van der Waals surface area contributed by atoms with E-state index in [0.29, 0.717) is 12.1 Å². The van der Waals surface area contributed by atoms with Gasteiger partial charge in [-0.3, -0.25) is 9.78 Å². The zero-order valence-corrected chi connectivity index (χ0v) is 12.9. The maximum Gasteiger partial charge on any atom is 0.258 e. The molecule has 0 unspecified atom stereocenters. The fourth-order valence-electron chi connectivity index (χ4n) is 3.11. The zero-order chi connectivity index (χ0) is 16.5. The number of rotatable bonds is 2. The van der Waals surface area contributed by atoms with Gasteiger partial charge in [0.05, 0.1) is 0 Å². The third-order valence-corrected chi connectivity index (χ3v) is 4.31. The largest absolute Gasteiger partial charge is 0.308 e. The molecule has 24 heavy (non-hydrogen) atoms. The van der Waals surface area contributed by atoms with E-state index in [0.717, 1.165) is 28.8 Å². The summed E-state index contributed by atoms with van der Waals surface area (Å²) in [5.41, 5.74) is 4.62. The van der Waals surface area contributed by atoms with E-state index in [9.17, 15) is 9.18 Å². The van der Waals surface area contributed by atoms with Crippen LogP contribution >= 0.6 is 0 Å². The average molecular weight is 318 g/mol. The first kappa shape index (κ1) is 14.6. The van der Waals surface area contributed by atoms with Crippen molar-refractivity contribution < 1.29 is 9.18 Å². The lowest BCUT2D eigenvalue weighted by atomic mass is 10.0. The van der Waals surface area contributed by atoms with Gasteiger partial charge in [-0.05, 0) is 65.6 Å². The van der Waals surface area contributed by atoms with Crippen molar-refractivity contribution in [2.75, 3.05) is 11.4 Å². The minimum atomic E-state index is -0.395. The van der Waals surface area contributed by atoms with Gasteiger partial charge in [0.25, 0.3) is 5.91 Å². The van der Waals surface area contributed by atoms with Crippen molar-refractivity contribution in [1.29, 1.82) is 0 Å². The number of hydrogen-bond acceptors (Lipinski definition) is 2. The van der Waals surface area contributed by atoms with Crippen molar-refractivity contribution in [3.63, 3.8) is 0 Å². The molecule has 4 rings (SSSR count). The Morgan fingerprint density at radius 2 is 1.83 bits per heavy atom. The van der Waals surface area contributed by atoms with Crippen molar-refractivity contribution in [2.24, 2.45) is 0 Å². The standard InChI is InChI=1S/C20H15FN2O/c21-18-3-1-2-17(13-18)20(24)23-11-8-16-12-15(4-5-19(16)23)14-6-9-22-10-7-14/h1-7,9-10,12-13H,8,11H2. The Labute approximate surface area is 139 Å². The number of hydrogen-bond donors (Lipinski definition) is 0. The van der Waals surface area contributed by atoms with Gasteiger partial charge in [0.2, 0.25) is 0 Å². The number of pyridine rings is 1. The monoisotopic (exact) mass is 318 g/mol. The van der Waals surface area contributed by atoms with Crippen LogP contribution in [0.3, 0.4) is 0 Å². The second-order valence-corrected chi connectivity index (χ2v) is 5.80. The maximum absolute atomic E-state index is 13.4. The second kappa shape index (κ2) is 5.89. The van der Waals surface area contributed by atoms with E-state index < -0.39 is 5.82 Å². The zero-order valence-electron chi connectivity index (χ0n) is 12.9. The molecule has 0 saturated heterocycles. The summed E-state index contributed by atoms with van der Waals surface area (Å²) in [6.45, 7) is 0.616. The molecule has 1 aromatic heterocycles. The van der Waals surface area contributed by atoms with Crippen LogP contribution in [0.15, 0.2) is 67.0 Å². The lowest BCUT2D eigenvalue weighted by molar-refractivity contribution is 0.0989. The third-order valence-electron chi connectivity index (χ3n) is 4.31. The smallest absolute Gasteiger partial charge is 0.258 e. The Morgan fingerprint density at radius 3 is 2.62 bits per heavy atom. The van der Waals surface area contributed by atoms with Crippen molar-refractivity contribution in [3.05, 3.63) is 83.9 Å². The number of amides is 1. The number of halogens is 1. The Hall–Kier alpha value is -3.01. The number of carbonyl (C=O) groups is 1. The molecule has 0 N–H and O–H groups in total. The van der Waals surface area contributed by atoms with Crippen molar-refractivity contribution in [1.82, 2.24) is 4.98 Å². The molecular formula is C20H15FN2O. The number of aromatic nitrogens is 1. The summed E-state index contributed by atoms with van der Waals surface area (Å²) in [6.07, 6.45) is 4.33. The number of carbonyl (C=O) groups excluding carboxylic acids is 1. The molecule has 2 aromatic carbocycles.